The van der Waals surface area contributed by atoms with Crippen LogP contribution in [0.1, 0.15) is 41.0 Å². The number of nitrogens with zero attached hydrogens (tertiary/aromatic N) is 1. The van der Waals surface area contributed by atoms with Crippen molar-refractivity contribution < 1.29 is 27.9 Å². The highest BCUT2D eigenvalue weighted by Gasteiger charge is 2.34. The van der Waals surface area contributed by atoms with Crippen LogP contribution in [0.3, 0.4) is 0 Å². The molecule has 1 heterocycles. The summed E-state index contributed by atoms with van der Waals surface area (Å²) < 4.78 is 27.0. The summed E-state index contributed by atoms with van der Waals surface area (Å²) in [5.74, 6) is -2.40. The third-order valence-electron chi connectivity index (χ3n) is 3.67. The lowest BCUT2D eigenvalue weighted by Crippen LogP contribution is -2.41. The van der Waals surface area contributed by atoms with Gasteiger partial charge in [0.15, 0.2) is 0 Å². The van der Waals surface area contributed by atoms with E-state index in [1.807, 2.05) is 0 Å². The highest BCUT2D eigenvalue weighted by molar-refractivity contribution is 7.89. The topological polar surface area (TPSA) is 121 Å². The van der Waals surface area contributed by atoms with Crippen molar-refractivity contribution in [2.75, 3.05) is 7.05 Å². The molecule has 1 aromatic carbocycles. The predicted octanol–water partition coefficient (Wildman–Crippen LogP) is 0.690. The molecular formula is C15H18N2O6S. The van der Waals surface area contributed by atoms with Crippen LogP contribution < -0.4 is 4.72 Å². The Labute approximate surface area is 139 Å². The number of amides is 2. The van der Waals surface area contributed by atoms with Crippen molar-refractivity contribution in [3.8, 4) is 0 Å². The minimum Gasteiger partial charge on any atom is -0.480 e. The first kappa shape index (κ1) is 18.1. The van der Waals surface area contributed by atoms with Gasteiger partial charge in [-0.1, -0.05) is 13.8 Å². The second kappa shape index (κ2) is 6.33. The van der Waals surface area contributed by atoms with Gasteiger partial charge in [0.05, 0.1) is 16.0 Å². The van der Waals surface area contributed by atoms with Crippen molar-refractivity contribution in [3.05, 3.63) is 29.3 Å². The lowest BCUT2D eigenvalue weighted by molar-refractivity contribution is -0.139. The van der Waals surface area contributed by atoms with Gasteiger partial charge >= 0.3 is 5.97 Å². The predicted molar refractivity (Wildman–Crippen MR) is 84.1 cm³/mol. The smallest absolute Gasteiger partial charge is 0.321 e. The number of carboxylic acids is 1. The van der Waals surface area contributed by atoms with Gasteiger partial charge in [0.25, 0.3) is 11.8 Å². The van der Waals surface area contributed by atoms with E-state index in [0.29, 0.717) is 0 Å². The van der Waals surface area contributed by atoms with Gasteiger partial charge in [-0.3, -0.25) is 19.3 Å². The molecule has 24 heavy (non-hydrogen) atoms. The number of carbonyl (C=O) groups is 3. The van der Waals surface area contributed by atoms with Gasteiger partial charge in [-0.05, 0) is 30.5 Å². The molecule has 0 radical (unpaired) electrons. The number of fused-ring (bicyclic) bond motifs is 1. The van der Waals surface area contributed by atoms with Crippen LogP contribution >= 0.6 is 0 Å². The van der Waals surface area contributed by atoms with Crippen LogP contribution in [0.15, 0.2) is 23.1 Å². The molecule has 0 saturated carbocycles. The van der Waals surface area contributed by atoms with Crippen LogP contribution in [0, 0.1) is 5.92 Å². The first-order valence-electron chi connectivity index (χ1n) is 7.26. The molecule has 0 aliphatic carbocycles. The van der Waals surface area contributed by atoms with E-state index in [-0.39, 0.29) is 28.4 Å². The monoisotopic (exact) mass is 354 g/mol. The number of benzene rings is 1. The Morgan fingerprint density at radius 2 is 1.79 bits per heavy atom. The molecule has 9 heteroatoms. The van der Waals surface area contributed by atoms with Crippen molar-refractivity contribution in [2.45, 2.75) is 31.2 Å². The summed E-state index contributed by atoms with van der Waals surface area (Å²) in [6.45, 7) is 3.56. The molecule has 0 saturated heterocycles. The number of hydrogen-bond donors (Lipinski definition) is 2. The van der Waals surface area contributed by atoms with E-state index in [9.17, 15) is 22.8 Å². The Morgan fingerprint density at radius 1 is 1.21 bits per heavy atom. The van der Waals surface area contributed by atoms with Crippen LogP contribution in [0.4, 0.5) is 0 Å². The fourth-order valence-electron chi connectivity index (χ4n) is 2.43. The summed E-state index contributed by atoms with van der Waals surface area (Å²) >= 11 is 0. The van der Waals surface area contributed by atoms with E-state index in [1.165, 1.54) is 19.2 Å². The van der Waals surface area contributed by atoms with Gasteiger partial charge in [0.1, 0.15) is 6.04 Å². The number of rotatable bonds is 6. The molecule has 130 valence electrons. The summed E-state index contributed by atoms with van der Waals surface area (Å²) in [6, 6.07) is 2.25. The molecule has 2 amide bonds. The zero-order valence-corrected chi connectivity index (χ0v) is 14.3. The zero-order valence-electron chi connectivity index (χ0n) is 13.4. The van der Waals surface area contributed by atoms with Crippen molar-refractivity contribution in [2.24, 2.45) is 5.92 Å². The Morgan fingerprint density at radius 3 is 2.33 bits per heavy atom. The van der Waals surface area contributed by atoms with E-state index in [2.05, 4.69) is 4.72 Å². The molecule has 8 nitrogen and oxygen atoms in total. The van der Waals surface area contributed by atoms with Crippen molar-refractivity contribution in [1.82, 2.24) is 9.62 Å². The number of imide groups is 1. The molecule has 1 atom stereocenters. The molecule has 0 spiro atoms. The number of carboxylic acid groups (broad SMARTS) is 1. The molecule has 0 fully saturated rings. The minimum atomic E-state index is -4.14. The minimum absolute atomic E-state index is 0.0129. The maximum atomic E-state index is 12.4. The van der Waals surface area contributed by atoms with Crippen LogP contribution in [-0.4, -0.2) is 49.3 Å². The molecule has 0 aromatic heterocycles. The highest BCUT2D eigenvalue weighted by Crippen LogP contribution is 2.24. The molecule has 1 aromatic rings. The lowest BCUT2D eigenvalue weighted by atomic mass is 10.1. The summed E-state index contributed by atoms with van der Waals surface area (Å²) in [7, 11) is -2.84. The largest absolute Gasteiger partial charge is 0.480 e. The maximum Gasteiger partial charge on any atom is 0.321 e. The standard InChI is InChI=1S/C15H18N2O6S/c1-8(2)6-12(15(20)21)16-24(22,23)9-4-5-10-11(7-9)14(19)17(3)13(10)18/h4-5,7-8,12,16H,6H2,1-3H3,(H,20,21)/t12-/m0/s1. The first-order chi connectivity index (χ1) is 11.0. The molecular weight excluding hydrogens is 336 g/mol. The van der Waals surface area contributed by atoms with E-state index in [1.54, 1.807) is 13.8 Å². The van der Waals surface area contributed by atoms with Crippen LogP contribution in [0.2, 0.25) is 0 Å². The molecule has 2 N–H and O–H groups in total. The van der Waals surface area contributed by atoms with E-state index < -0.39 is 33.8 Å². The fraction of sp³-hybridized carbons (Fsp3) is 0.400. The van der Waals surface area contributed by atoms with Gasteiger partial charge in [-0.15, -0.1) is 0 Å². The normalized spacial score (nSPS) is 15.8. The number of carbonyl (C=O) groups excluding carboxylic acids is 2. The van der Waals surface area contributed by atoms with Crippen LogP contribution in [0.25, 0.3) is 0 Å². The Bertz CT molecular complexity index is 815. The summed E-state index contributed by atoms with van der Waals surface area (Å²) in [6.07, 6.45) is 0.125. The summed E-state index contributed by atoms with van der Waals surface area (Å²) in [4.78, 5) is 35.7. The summed E-state index contributed by atoms with van der Waals surface area (Å²) in [5, 5.41) is 9.17. The quantitative estimate of drug-likeness (QED) is 0.725. The summed E-state index contributed by atoms with van der Waals surface area (Å²) in [5.41, 5.74) is 0.111. The highest BCUT2D eigenvalue weighted by atomic mass is 32.2. The SMILES string of the molecule is CC(C)C[C@H](NS(=O)(=O)c1ccc2c(c1)C(=O)N(C)C2=O)C(=O)O. The molecule has 1 aliphatic rings. The van der Waals surface area contributed by atoms with Crippen molar-refractivity contribution >= 4 is 27.8 Å². The molecule has 0 unspecified atom stereocenters. The third kappa shape index (κ3) is 3.31. The second-order valence-electron chi connectivity index (χ2n) is 6.02. The van der Waals surface area contributed by atoms with E-state index in [4.69, 9.17) is 5.11 Å². The number of nitrogens with one attached hydrogen (secondary N) is 1. The maximum absolute atomic E-state index is 12.4. The molecule has 2 rings (SSSR count). The number of hydrogen-bond acceptors (Lipinski definition) is 5. The lowest BCUT2D eigenvalue weighted by Gasteiger charge is -2.16. The molecule has 0 bridgehead atoms. The Balaban J connectivity index is 2.36. The van der Waals surface area contributed by atoms with Gasteiger partial charge in [-0.25, -0.2) is 8.42 Å². The van der Waals surface area contributed by atoms with Crippen molar-refractivity contribution in [1.29, 1.82) is 0 Å². The van der Waals surface area contributed by atoms with E-state index >= 15 is 0 Å². The zero-order chi connectivity index (χ0) is 18.2. The number of aliphatic carboxylic acids is 1. The van der Waals surface area contributed by atoms with Gasteiger partial charge in [0, 0.05) is 7.05 Å². The first-order valence-corrected chi connectivity index (χ1v) is 8.74. The van der Waals surface area contributed by atoms with Crippen LogP contribution in [-0.2, 0) is 14.8 Å². The van der Waals surface area contributed by atoms with Crippen LogP contribution in [0.5, 0.6) is 0 Å². The molecule has 1 aliphatic heterocycles. The fourth-order valence-corrected chi connectivity index (χ4v) is 3.66. The van der Waals surface area contributed by atoms with Gasteiger partial charge in [0.2, 0.25) is 10.0 Å². The van der Waals surface area contributed by atoms with Crippen molar-refractivity contribution in [3.63, 3.8) is 0 Å². The average Bonchev–Trinajstić information content (AvgIpc) is 2.70. The third-order valence-corrected chi connectivity index (χ3v) is 5.14. The van der Waals surface area contributed by atoms with Gasteiger partial charge < -0.3 is 5.11 Å². The second-order valence-corrected chi connectivity index (χ2v) is 7.73. The number of sulfonamides is 1. The Hall–Kier alpha value is -2.26. The Kier molecular flexibility index (Phi) is 4.77. The van der Waals surface area contributed by atoms with E-state index in [0.717, 1.165) is 11.0 Å². The average molecular weight is 354 g/mol. The van der Waals surface area contributed by atoms with Gasteiger partial charge in [-0.2, -0.15) is 4.72 Å².